The van der Waals surface area contributed by atoms with E-state index >= 15 is 0 Å². The highest BCUT2D eigenvalue weighted by atomic mass is 32.2. The SMILES string of the molecule is CSCCC(NC(=O)C(CCCN=C(N)N)NC(=O)C1CCCN1)C(=O)NC(C(=O)O)C(C)C. The summed E-state index contributed by atoms with van der Waals surface area (Å²) in [6.45, 7) is 4.40. The smallest absolute Gasteiger partial charge is 0.326 e. The van der Waals surface area contributed by atoms with Crippen LogP contribution in [0.3, 0.4) is 0 Å². The summed E-state index contributed by atoms with van der Waals surface area (Å²) in [7, 11) is 0. The van der Waals surface area contributed by atoms with Crippen LogP contribution in [-0.4, -0.2) is 84.0 Å². The molecule has 13 heteroatoms. The topological polar surface area (TPSA) is 201 Å². The molecule has 4 atom stereocenters. The van der Waals surface area contributed by atoms with E-state index in [1.165, 1.54) is 11.8 Å². The molecular formula is C21H39N7O5S. The van der Waals surface area contributed by atoms with Crippen LogP contribution in [0.2, 0.25) is 0 Å². The molecule has 1 rings (SSSR count). The fraction of sp³-hybridized carbons (Fsp3) is 0.762. The molecule has 3 amide bonds. The summed E-state index contributed by atoms with van der Waals surface area (Å²) in [4.78, 5) is 54.0. The molecule has 1 aliphatic heterocycles. The minimum absolute atomic E-state index is 0.0628. The first-order valence-electron chi connectivity index (χ1n) is 11.5. The van der Waals surface area contributed by atoms with Gasteiger partial charge in [0.2, 0.25) is 17.7 Å². The number of aliphatic imine (C=N–C) groups is 1. The van der Waals surface area contributed by atoms with Crippen LogP contribution in [0.25, 0.3) is 0 Å². The molecule has 34 heavy (non-hydrogen) atoms. The van der Waals surface area contributed by atoms with Crippen LogP contribution in [0.1, 0.15) is 46.0 Å². The van der Waals surface area contributed by atoms with Crippen molar-refractivity contribution in [2.75, 3.05) is 25.1 Å². The normalized spacial score (nSPS) is 17.9. The van der Waals surface area contributed by atoms with E-state index in [0.717, 1.165) is 13.0 Å². The van der Waals surface area contributed by atoms with Gasteiger partial charge < -0.3 is 37.8 Å². The van der Waals surface area contributed by atoms with E-state index in [2.05, 4.69) is 26.3 Å². The van der Waals surface area contributed by atoms with Gasteiger partial charge in [-0.25, -0.2) is 4.79 Å². The Balaban J connectivity index is 2.92. The summed E-state index contributed by atoms with van der Waals surface area (Å²) in [6, 6.07) is -3.29. The van der Waals surface area contributed by atoms with E-state index in [1.54, 1.807) is 13.8 Å². The molecule has 0 spiro atoms. The van der Waals surface area contributed by atoms with E-state index in [9.17, 15) is 24.3 Å². The first-order chi connectivity index (χ1) is 16.1. The molecule has 0 bridgehead atoms. The van der Waals surface area contributed by atoms with Crippen molar-refractivity contribution >= 4 is 41.4 Å². The van der Waals surface area contributed by atoms with Crippen LogP contribution < -0.4 is 32.7 Å². The molecule has 0 aromatic heterocycles. The number of guanidine groups is 1. The number of aliphatic carboxylic acids is 1. The molecule has 1 fully saturated rings. The standard InChI is InChI=1S/C21H39N7O5S/c1-12(2)16(20(32)33)28-19(31)15(8-11-34-3)27-18(30)14(7-5-10-25-21(22)23)26-17(29)13-6-4-9-24-13/h12-16,24H,4-11H2,1-3H3,(H,26,29)(H,27,30)(H,28,31)(H,32,33)(H4,22,23,25). The van der Waals surface area contributed by atoms with Crippen LogP contribution in [-0.2, 0) is 19.2 Å². The number of hydrogen-bond acceptors (Lipinski definition) is 7. The Hall–Kier alpha value is -2.54. The predicted molar refractivity (Wildman–Crippen MR) is 132 cm³/mol. The number of rotatable bonds is 15. The molecule has 1 saturated heterocycles. The molecule has 0 radical (unpaired) electrons. The molecule has 4 unspecified atom stereocenters. The van der Waals surface area contributed by atoms with E-state index in [4.69, 9.17) is 11.5 Å². The lowest BCUT2D eigenvalue weighted by atomic mass is 10.0. The maximum Gasteiger partial charge on any atom is 0.326 e. The Morgan fingerprint density at radius 3 is 2.26 bits per heavy atom. The number of hydrogen-bond donors (Lipinski definition) is 7. The van der Waals surface area contributed by atoms with Crippen LogP contribution in [0.5, 0.6) is 0 Å². The largest absolute Gasteiger partial charge is 0.480 e. The highest BCUT2D eigenvalue weighted by Gasteiger charge is 2.31. The van der Waals surface area contributed by atoms with Gasteiger partial charge in [0.15, 0.2) is 5.96 Å². The Bertz CT molecular complexity index is 724. The van der Waals surface area contributed by atoms with Crippen molar-refractivity contribution in [3.05, 3.63) is 0 Å². The number of amides is 3. The predicted octanol–water partition coefficient (Wildman–Crippen LogP) is -1.26. The third-order valence-electron chi connectivity index (χ3n) is 5.43. The summed E-state index contributed by atoms with van der Waals surface area (Å²) < 4.78 is 0. The first-order valence-corrected chi connectivity index (χ1v) is 12.9. The number of carboxylic acids is 1. The van der Waals surface area contributed by atoms with Gasteiger partial charge in [-0.05, 0) is 56.6 Å². The second-order valence-corrected chi connectivity index (χ2v) is 9.56. The zero-order valence-corrected chi connectivity index (χ0v) is 21.0. The number of nitrogens with zero attached hydrogens (tertiary/aromatic N) is 1. The molecular weight excluding hydrogens is 462 g/mol. The van der Waals surface area contributed by atoms with Crippen LogP contribution in [0.4, 0.5) is 0 Å². The lowest BCUT2D eigenvalue weighted by Crippen LogP contribution is -2.57. The van der Waals surface area contributed by atoms with E-state index in [-0.39, 0.29) is 36.8 Å². The Morgan fingerprint density at radius 2 is 1.74 bits per heavy atom. The second-order valence-electron chi connectivity index (χ2n) is 8.57. The van der Waals surface area contributed by atoms with Crippen molar-refractivity contribution in [3.63, 3.8) is 0 Å². The summed E-state index contributed by atoms with van der Waals surface area (Å²) >= 11 is 1.50. The van der Waals surface area contributed by atoms with Crippen molar-refractivity contribution in [3.8, 4) is 0 Å². The summed E-state index contributed by atoms with van der Waals surface area (Å²) in [5.74, 6) is -2.35. The fourth-order valence-corrected chi connectivity index (χ4v) is 3.97. The maximum atomic E-state index is 13.1. The third kappa shape index (κ3) is 10.6. The molecule has 0 aliphatic carbocycles. The van der Waals surface area contributed by atoms with Gasteiger partial charge in [-0.1, -0.05) is 13.8 Å². The zero-order valence-electron chi connectivity index (χ0n) is 20.1. The second kappa shape index (κ2) is 15.4. The molecule has 0 aromatic rings. The number of nitrogens with one attached hydrogen (secondary N) is 4. The van der Waals surface area contributed by atoms with Gasteiger partial charge in [0.05, 0.1) is 6.04 Å². The quantitative estimate of drug-likeness (QED) is 0.0812. The van der Waals surface area contributed by atoms with Crippen LogP contribution in [0.15, 0.2) is 4.99 Å². The lowest BCUT2D eigenvalue weighted by molar-refractivity contribution is -0.143. The Kier molecular flexibility index (Phi) is 13.3. The number of thioether (sulfide) groups is 1. The van der Waals surface area contributed by atoms with Crippen molar-refractivity contribution in [2.45, 2.75) is 70.1 Å². The van der Waals surface area contributed by atoms with Crippen molar-refractivity contribution in [1.29, 1.82) is 0 Å². The molecule has 0 aromatic carbocycles. The Labute approximate surface area is 204 Å². The number of carbonyl (C=O) groups is 4. The molecule has 1 aliphatic rings. The van der Waals surface area contributed by atoms with Gasteiger partial charge in [-0.2, -0.15) is 11.8 Å². The van der Waals surface area contributed by atoms with E-state index in [1.807, 2.05) is 6.26 Å². The number of nitrogens with two attached hydrogens (primary N) is 2. The maximum absolute atomic E-state index is 13.1. The highest BCUT2D eigenvalue weighted by molar-refractivity contribution is 7.98. The van der Waals surface area contributed by atoms with Gasteiger partial charge in [-0.15, -0.1) is 0 Å². The van der Waals surface area contributed by atoms with Gasteiger partial charge in [0.25, 0.3) is 0 Å². The molecule has 1 heterocycles. The van der Waals surface area contributed by atoms with Crippen molar-refractivity contribution < 1.29 is 24.3 Å². The van der Waals surface area contributed by atoms with E-state index < -0.39 is 35.9 Å². The van der Waals surface area contributed by atoms with Gasteiger partial charge in [0.1, 0.15) is 18.1 Å². The Morgan fingerprint density at radius 1 is 1.09 bits per heavy atom. The van der Waals surface area contributed by atoms with Gasteiger partial charge in [-0.3, -0.25) is 19.4 Å². The van der Waals surface area contributed by atoms with Crippen LogP contribution >= 0.6 is 11.8 Å². The molecule has 12 nitrogen and oxygen atoms in total. The average molecular weight is 502 g/mol. The van der Waals surface area contributed by atoms with Gasteiger partial charge in [0, 0.05) is 6.54 Å². The van der Waals surface area contributed by atoms with Gasteiger partial charge >= 0.3 is 5.97 Å². The summed E-state index contributed by atoms with van der Waals surface area (Å²) in [5.41, 5.74) is 10.7. The fourth-order valence-electron chi connectivity index (χ4n) is 3.50. The third-order valence-corrected chi connectivity index (χ3v) is 6.07. The molecule has 0 saturated carbocycles. The molecule has 194 valence electrons. The first kappa shape index (κ1) is 29.5. The lowest BCUT2D eigenvalue weighted by Gasteiger charge is -2.26. The average Bonchev–Trinajstić information content (AvgIpc) is 3.31. The summed E-state index contributed by atoms with van der Waals surface area (Å²) in [5, 5.41) is 20.5. The van der Waals surface area contributed by atoms with Crippen LogP contribution in [0, 0.1) is 5.92 Å². The number of carbonyl (C=O) groups excluding carboxylic acids is 3. The summed E-state index contributed by atoms with van der Waals surface area (Å²) in [6.07, 6.45) is 4.43. The molecule has 9 N–H and O–H groups in total. The zero-order chi connectivity index (χ0) is 25.7. The minimum atomic E-state index is -1.15. The number of carboxylic acid groups (broad SMARTS) is 1. The van der Waals surface area contributed by atoms with E-state index in [0.29, 0.717) is 25.0 Å². The van der Waals surface area contributed by atoms with Crippen molar-refractivity contribution in [1.82, 2.24) is 21.3 Å². The van der Waals surface area contributed by atoms with Crippen molar-refractivity contribution in [2.24, 2.45) is 22.4 Å². The minimum Gasteiger partial charge on any atom is -0.480 e. The monoisotopic (exact) mass is 501 g/mol. The highest BCUT2D eigenvalue weighted by Crippen LogP contribution is 2.09.